The van der Waals surface area contributed by atoms with Gasteiger partial charge in [0.05, 0.1) is 0 Å². The molecule has 2 aliphatic rings. The van der Waals surface area contributed by atoms with Crippen molar-refractivity contribution in [2.45, 2.75) is 114 Å². The van der Waals surface area contributed by atoms with Crippen molar-refractivity contribution in [1.29, 1.82) is 0 Å². The molecule has 7 N–H and O–H groups in total. The summed E-state index contributed by atoms with van der Waals surface area (Å²) in [6.07, 6.45) is -0.197. The molecule has 1 aromatic rings. The molecule has 1 aromatic heterocycles. The number of hydrogen-bond donors (Lipinski definition) is 6. The molecule has 0 unspecified atom stereocenters. The van der Waals surface area contributed by atoms with Crippen LogP contribution in [0.15, 0.2) is 33.7 Å². The van der Waals surface area contributed by atoms with Crippen LogP contribution in [0.1, 0.15) is 70.9 Å². The fourth-order valence-corrected chi connectivity index (χ4v) is 5.11. The fourth-order valence-electron chi connectivity index (χ4n) is 5.11. The van der Waals surface area contributed by atoms with Crippen molar-refractivity contribution in [3.63, 3.8) is 0 Å². The minimum atomic E-state index is -1.74. The van der Waals surface area contributed by atoms with Gasteiger partial charge >= 0.3 is 5.69 Å². The van der Waals surface area contributed by atoms with E-state index < -0.39 is 72.2 Å². The number of amides is 2. The van der Waals surface area contributed by atoms with Crippen LogP contribution >= 0.6 is 0 Å². The number of hydrogen-bond acceptors (Lipinski definition) is 11. The van der Waals surface area contributed by atoms with Gasteiger partial charge in [-0.2, -0.15) is 0 Å². The van der Waals surface area contributed by atoms with Crippen LogP contribution in [0.2, 0.25) is 0 Å². The molecule has 242 valence electrons. The Hall–Kier alpha value is -3.08. The predicted octanol–water partition coefficient (Wildman–Crippen LogP) is -0.711. The second-order valence-corrected chi connectivity index (χ2v) is 10.7. The van der Waals surface area contributed by atoms with Crippen LogP contribution in [0, 0.1) is 0 Å². The highest BCUT2D eigenvalue weighted by Crippen LogP contribution is 2.34. The molecule has 1 saturated heterocycles. The average Bonchev–Trinajstić information content (AvgIpc) is 3.29. The summed E-state index contributed by atoms with van der Waals surface area (Å²) >= 11 is 0. The van der Waals surface area contributed by atoms with E-state index in [0.29, 0.717) is 6.54 Å². The number of ether oxygens (including phenoxy) is 4. The van der Waals surface area contributed by atoms with Crippen LogP contribution in [0.3, 0.4) is 0 Å². The zero-order valence-corrected chi connectivity index (χ0v) is 24.6. The third-order valence-electron chi connectivity index (χ3n) is 7.49. The van der Waals surface area contributed by atoms with E-state index in [2.05, 4.69) is 12.2 Å². The SMILES string of the molecule is CCCCCCCCCCCNC(=O)C1=C[C@H](O)[C@H](O)[C@@H](O[C@@H](C(N)=O)[C@H]2O[C@@H](n3ccc(=O)[nH]c3=O)[C@H](O)[C@@H]2OC)O1. The maximum absolute atomic E-state index is 12.7. The molecule has 43 heavy (non-hydrogen) atoms. The highest BCUT2D eigenvalue weighted by molar-refractivity contribution is 5.91. The Morgan fingerprint density at radius 1 is 1.07 bits per heavy atom. The maximum atomic E-state index is 12.7. The second-order valence-electron chi connectivity index (χ2n) is 10.7. The quantitative estimate of drug-likeness (QED) is 0.121. The normalized spacial score (nSPS) is 27.7. The van der Waals surface area contributed by atoms with Gasteiger partial charge in [0.25, 0.3) is 11.5 Å². The maximum Gasteiger partial charge on any atom is 0.330 e. The number of rotatable bonds is 17. The highest BCUT2D eigenvalue weighted by atomic mass is 16.7. The van der Waals surface area contributed by atoms with Crippen LogP contribution in [0.5, 0.6) is 0 Å². The van der Waals surface area contributed by atoms with Crippen LogP contribution in [0.4, 0.5) is 0 Å². The Kier molecular flexibility index (Phi) is 13.3. The number of nitrogens with zero attached hydrogens (tertiary/aromatic N) is 1. The van der Waals surface area contributed by atoms with E-state index in [1.54, 1.807) is 0 Å². The van der Waals surface area contributed by atoms with Crippen molar-refractivity contribution >= 4 is 11.8 Å². The molecular weight excluding hydrogens is 568 g/mol. The summed E-state index contributed by atoms with van der Waals surface area (Å²) in [5.41, 5.74) is 4.00. The third-order valence-corrected chi connectivity index (χ3v) is 7.49. The van der Waals surface area contributed by atoms with Crippen LogP contribution in [0.25, 0.3) is 0 Å². The molecular formula is C28H44N4O11. The average molecular weight is 613 g/mol. The topological polar surface area (TPSA) is 225 Å². The van der Waals surface area contributed by atoms with Gasteiger partial charge < -0.3 is 45.3 Å². The zero-order chi connectivity index (χ0) is 31.5. The molecule has 0 saturated carbocycles. The number of aliphatic hydroxyl groups excluding tert-OH is 3. The van der Waals surface area contributed by atoms with E-state index in [-0.39, 0.29) is 5.76 Å². The van der Waals surface area contributed by atoms with Gasteiger partial charge in [-0.1, -0.05) is 58.3 Å². The number of nitrogens with two attached hydrogens (primary N) is 1. The number of aromatic amines is 1. The number of methoxy groups -OCH3 is 1. The molecule has 1 fully saturated rings. The summed E-state index contributed by atoms with van der Waals surface area (Å²) in [6.45, 7) is 2.56. The van der Waals surface area contributed by atoms with Gasteiger partial charge in [-0.25, -0.2) is 4.79 Å². The monoisotopic (exact) mass is 612 g/mol. The minimum Gasteiger partial charge on any atom is -0.456 e. The molecule has 15 heteroatoms. The molecule has 0 aromatic carbocycles. The Balaban J connectivity index is 1.60. The molecule has 0 aliphatic carbocycles. The van der Waals surface area contributed by atoms with E-state index in [0.717, 1.165) is 48.6 Å². The van der Waals surface area contributed by atoms with Gasteiger partial charge in [-0.05, 0) is 12.5 Å². The first-order valence-corrected chi connectivity index (χ1v) is 14.7. The van der Waals surface area contributed by atoms with Crippen molar-refractivity contribution < 1.29 is 43.9 Å². The van der Waals surface area contributed by atoms with Gasteiger partial charge in [-0.3, -0.25) is 23.9 Å². The second kappa shape index (κ2) is 16.7. The lowest BCUT2D eigenvalue weighted by Crippen LogP contribution is -2.54. The van der Waals surface area contributed by atoms with Crippen molar-refractivity contribution in [3.8, 4) is 0 Å². The van der Waals surface area contributed by atoms with E-state index in [9.17, 15) is 34.5 Å². The van der Waals surface area contributed by atoms with Crippen LogP contribution in [-0.4, -0.2) is 93.3 Å². The first-order chi connectivity index (χ1) is 20.6. The fraction of sp³-hybridized carbons (Fsp3) is 0.714. The lowest BCUT2D eigenvalue weighted by atomic mass is 10.0. The Labute approximate surface area is 249 Å². The summed E-state index contributed by atoms with van der Waals surface area (Å²) < 4.78 is 23.1. The Morgan fingerprint density at radius 3 is 2.33 bits per heavy atom. The number of unbranched alkanes of at least 4 members (excludes halogenated alkanes) is 8. The van der Waals surface area contributed by atoms with E-state index in [1.807, 2.05) is 4.98 Å². The molecule has 2 amide bonds. The van der Waals surface area contributed by atoms with Crippen molar-refractivity contribution in [3.05, 3.63) is 44.9 Å². The number of primary amides is 1. The van der Waals surface area contributed by atoms with Gasteiger partial charge in [0.15, 0.2) is 18.1 Å². The van der Waals surface area contributed by atoms with Gasteiger partial charge in [0.1, 0.15) is 30.5 Å². The number of aromatic nitrogens is 2. The zero-order valence-electron chi connectivity index (χ0n) is 24.6. The van der Waals surface area contributed by atoms with Gasteiger partial charge in [0, 0.05) is 25.9 Å². The van der Waals surface area contributed by atoms with Crippen molar-refractivity contribution in [1.82, 2.24) is 14.9 Å². The largest absolute Gasteiger partial charge is 0.456 e. The first-order valence-electron chi connectivity index (χ1n) is 14.7. The summed E-state index contributed by atoms with van der Waals surface area (Å²) in [5, 5.41) is 34.4. The molecule has 15 nitrogen and oxygen atoms in total. The molecule has 2 aliphatic heterocycles. The van der Waals surface area contributed by atoms with E-state index in [1.165, 1.54) is 39.2 Å². The highest BCUT2D eigenvalue weighted by Gasteiger charge is 2.52. The summed E-state index contributed by atoms with van der Waals surface area (Å²) in [6, 6.07) is 1.04. The van der Waals surface area contributed by atoms with Crippen LogP contribution in [-0.2, 0) is 28.5 Å². The van der Waals surface area contributed by atoms with E-state index >= 15 is 0 Å². The number of H-pyrrole nitrogens is 1. The molecule has 3 rings (SSSR count). The summed E-state index contributed by atoms with van der Waals surface area (Å²) in [7, 11) is 1.22. The molecule has 0 radical (unpaired) electrons. The number of aliphatic hydroxyl groups is 3. The van der Waals surface area contributed by atoms with Crippen molar-refractivity contribution in [2.24, 2.45) is 5.73 Å². The lowest BCUT2D eigenvalue weighted by molar-refractivity contribution is -0.241. The molecule has 0 spiro atoms. The minimum absolute atomic E-state index is 0.324. The summed E-state index contributed by atoms with van der Waals surface area (Å²) in [5.74, 6) is -2.07. The lowest BCUT2D eigenvalue weighted by Gasteiger charge is -2.35. The number of nitrogens with one attached hydrogen (secondary N) is 2. The van der Waals surface area contributed by atoms with E-state index in [4.69, 9.17) is 24.7 Å². The third kappa shape index (κ3) is 9.20. The molecule has 0 bridgehead atoms. The van der Waals surface area contributed by atoms with Crippen molar-refractivity contribution in [2.75, 3.05) is 13.7 Å². The smallest absolute Gasteiger partial charge is 0.330 e. The standard InChI is InChI=1S/C28H44N4O11/c1-3-4-5-6-7-8-9-10-11-13-30-25(38)17-15-16(33)19(35)27(41-17)43-23(24(29)37)22-21(40-2)20(36)26(42-22)32-14-12-18(34)31-28(32)39/h12,14-16,19-23,26-27,33,35-36H,3-11,13H2,1-2H3,(H2,29,37)(H,30,38)(H,31,34,39)/t16-,19-,20+,21-,22-,23+,26+,27+/m0/s1. The number of carbonyl (C=O) groups excluding carboxylic acids is 2. The predicted molar refractivity (Wildman–Crippen MR) is 151 cm³/mol. The Bertz CT molecular complexity index is 1200. The molecule has 8 atom stereocenters. The first kappa shape index (κ1) is 34.4. The summed E-state index contributed by atoms with van der Waals surface area (Å²) in [4.78, 5) is 51.0. The molecule has 3 heterocycles. The Morgan fingerprint density at radius 2 is 1.72 bits per heavy atom. The van der Waals surface area contributed by atoms with Gasteiger partial charge in [-0.15, -0.1) is 0 Å². The van der Waals surface area contributed by atoms with Crippen LogP contribution < -0.4 is 22.3 Å². The number of carbonyl (C=O) groups is 2. The van der Waals surface area contributed by atoms with Gasteiger partial charge in [0.2, 0.25) is 12.2 Å².